The first kappa shape index (κ1) is 14.6. The normalized spacial score (nSPS) is 16.0. The topological polar surface area (TPSA) is 66.7 Å². The van der Waals surface area contributed by atoms with Gasteiger partial charge in [-0.1, -0.05) is 0 Å². The smallest absolute Gasteiger partial charge is 0.271 e. The number of carbonyl (C=O) groups is 2. The number of rotatable bonds is 2. The fourth-order valence-corrected chi connectivity index (χ4v) is 2.79. The van der Waals surface area contributed by atoms with Crippen molar-refractivity contribution in [2.75, 3.05) is 13.1 Å². The maximum atomic E-state index is 12.3. The van der Waals surface area contributed by atoms with E-state index >= 15 is 0 Å². The summed E-state index contributed by atoms with van der Waals surface area (Å²) >= 11 is 0. The molecule has 1 aliphatic rings. The van der Waals surface area contributed by atoms with Gasteiger partial charge in [-0.2, -0.15) is 0 Å². The van der Waals surface area contributed by atoms with Gasteiger partial charge >= 0.3 is 0 Å². The number of likely N-dealkylation sites (tertiary alicyclic amines) is 1. The first-order chi connectivity index (χ1) is 10.5. The zero-order chi connectivity index (χ0) is 15.7. The molecule has 0 bridgehead atoms. The van der Waals surface area contributed by atoms with Gasteiger partial charge in [-0.25, -0.2) is 4.98 Å². The fourth-order valence-electron chi connectivity index (χ4n) is 2.79. The first-order valence-corrected chi connectivity index (χ1v) is 7.54. The molecule has 22 heavy (non-hydrogen) atoms. The van der Waals surface area contributed by atoms with E-state index in [4.69, 9.17) is 0 Å². The molecule has 1 fully saturated rings. The Kier molecular flexibility index (Phi) is 3.83. The van der Waals surface area contributed by atoms with Crippen LogP contribution in [0.4, 0.5) is 0 Å². The van der Waals surface area contributed by atoms with Crippen LogP contribution in [0.2, 0.25) is 0 Å². The van der Waals surface area contributed by atoms with Crippen LogP contribution in [0.5, 0.6) is 0 Å². The molecule has 0 aromatic carbocycles. The van der Waals surface area contributed by atoms with Crippen LogP contribution in [0, 0.1) is 6.92 Å². The van der Waals surface area contributed by atoms with Crippen LogP contribution in [0.15, 0.2) is 24.5 Å². The number of fused-ring (bicyclic) bond motifs is 1. The second-order valence-corrected chi connectivity index (χ2v) is 5.85. The molecule has 1 N–H and O–H groups in total. The van der Waals surface area contributed by atoms with Crippen molar-refractivity contribution in [2.45, 2.75) is 32.7 Å². The molecule has 2 amide bonds. The Labute approximate surface area is 129 Å². The highest BCUT2D eigenvalue weighted by molar-refractivity contribution is 5.93. The van der Waals surface area contributed by atoms with E-state index in [0.29, 0.717) is 18.8 Å². The van der Waals surface area contributed by atoms with Crippen molar-refractivity contribution in [1.82, 2.24) is 19.6 Å². The maximum Gasteiger partial charge on any atom is 0.271 e. The van der Waals surface area contributed by atoms with Crippen molar-refractivity contribution in [2.24, 2.45) is 0 Å². The number of imidazole rings is 1. The number of carbonyl (C=O) groups excluding carboxylic acids is 2. The van der Waals surface area contributed by atoms with Crippen LogP contribution in [-0.4, -0.2) is 45.2 Å². The van der Waals surface area contributed by atoms with Gasteiger partial charge in [0.05, 0.1) is 0 Å². The summed E-state index contributed by atoms with van der Waals surface area (Å²) in [5.41, 5.74) is 2.32. The van der Waals surface area contributed by atoms with E-state index in [1.165, 1.54) is 0 Å². The van der Waals surface area contributed by atoms with E-state index in [0.717, 1.165) is 24.1 Å². The van der Waals surface area contributed by atoms with Crippen molar-refractivity contribution < 1.29 is 9.59 Å². The van der Waals surface area contributed by atoms with Crippen LogP contribution >= 0.6 is 0 Å². The SMILES string of the molecule is CC(=O)N1CCC(NC(=O)c2cn3ccc(C)cc3n2)CC1. The number of hydrogen-bond acceptors (Lipinski definition) is 3. The highest BCUT2D eigenvalue weighted by atomic mass is 16.2. The minimum absolute atomic E-state index is 0.0977. The Hall–Kier alpha value is -2.37. The molecule has 116 valence electrons. The predicted octanol–water partition coefficient (Wildman–Crippen LogP) is 1.38. The average molecular weight is 300 g/mol. The zero-order valence-corrected chi connectivity index (χ0v) is 12.9. The molecule has 0 radical (unpaired) electrons. The van der Waals surface area contributed by atoms with E-state index in [1.54, 1.807) is 13.1 Å². The van der Waals surface area contributed by atoms with E-state index in [1.807, 2.05) is 34.6 Å². The summed E-state index contributed by atoms with van der Waals surface area (Å²) in [6, 6.07) is 4.03. The van der Waals surface area contributed by atoms with Crippen LogP contribution < -0.4 is 5.32 Å². The zero-order valence-electron chi connectivity index (χ0n) is 12.9. The second-order valence-electron chi connectivity index (χ2n) is 5.85. The van der Waals surface area contributed by atoms with Crippen LogP contribution in [0.25, 0.3) is 5.65 Å². The molecule has 3 heterocycles. The van der Waals surface area contributed by atoms with E-state index in [-0.39, 0.29) is 17.9 Å². The van der Waals surface area contributed by atoms with Gasteiger partial charge in [-0.05, 0) is 37.5 Å². The van der Waals surface area contributed by atoms with Gasteiger partial charge in [0.15, 0.2) is 0 Å². The molecule has 0 unspecified atom stereocenters. The number of hydrogen-bond donors (Lipinski definition) is 1. The van der Waals surface area contributed by atoms with E-state index in [9.17, 15) is 9.59 Å². The Morgan fingerprint density at radius 3 is 2.73 bits per heavy atom. The van der Waals surface area contributed by atoms with E-state index < -0.39 is 0 Å². The molecule has 0 atom stereocenters. The van der Waals surface area contributed by atoms with Crippen LogP contribution in [0.1, 0.15) is 35.8 Å². The number of piperidine rings is 1. The molecule has 0 saturated carbocycles. The molecule has 1 saturated heterocycles. The summed E-state index contributed by atoms with van der Waals surface area (Å²) in [6.45, 7) is 4.98. The monoisotopic (exact) mass is 300 g/mol. The molecule has 0 spiro atoms. The fraction of sp³-hybridized carbons (Fsp3) is 0.438. The van der Waals surface area contributed by atoms with Crippen molar-refractivity contribution in [3.05, 3.63) is 35.8 Å². The largest absolute Gasteiger partial charge is 0.348 e. The summed E-state index contributed by atoms with van der Waals surface area (Å²) < 4.78 is 1.85. The molecule has 2 aromatic heterocycles. The lowest BCUT2D eigenvalue weighted by molar-refractivity contribution is -0.129. The summed E-state index contributed by atoms with van der Waals surface area (Å²) in [7, 11) is 0. The van der Waals surface area contributed by atoms with Gasteiger partial charge in [0.2, 0.25) is 5.91 Å². The van der Waals surface area contributed by atoms with Gasteiger partial charge in [-0.3, -0.25) is 9.59 Å². The van der Waals surface area contributed by atoms with Gasteiger partial charge in [-0.15, -0.1) is 0 Å². The van der Waals surface area contributed by atoms with Crippen LogP contribution in [-0.2, 0) is 4.79 Å². The number of nitrogens with zero attached hydrogens (tertiary/aromatic N) is 3. The van der Waals surface area contributed by atoms with Gasteiger partial charge < -0.3 is 14.6 Å². The lowest BCUT2D eigenvalue weighted by Crippen LogP contribution is -2.46. The van der Waals surface area contributed by atoms with Crippen molar-refractivity contribution in [1.29, 1.82) is 0 Å². The van der Waals surface area contributed by atoms with Crippen LogP contribution in [0.3, 0.4) is 0 Å². The van der Waals surface area contributed by atoms with Gasteiger partial charge in [0, 0.05) is 38.4 Å². The first-order valence-electron chi connectivity index (χ1n) is 7.54. The Bertz CT molecular complexity index is 714. The summed E-state index contributed by atoms with van der Waals surface area (Å²) in [6.07, 6.45) is 5.23. The highest BCUT2D eigenvalue weighted by Crippen LogP contribution is 2.12. The standard InChI is InChI=1S/C16H20N4O2/c1-11-3-6-20-10-14(18-15(20)9-11)16(22)17-13-4-7-19(8-5-13)12(2)21/h3,6,9-10,13H,4-5,7-8H2,1-2H3,(H,17,22). The lowest BCUT2D eigenvalue weighted by atomic mass is 10.0. The number of nitrogens with one attached hydrogen (secondary N) is 1. The molecule has 6 nitrogen and oxygen atoms in total. The third-order valence-electron chi connectivity index (χ3n) is 4.12. The highest BCUT2D eigenvalue weighted by Gasteiger charge is 2.23. The molecule has 6 heteroatoms. The third kappa shape index (κ3) is 2.95. The van der Waals surface area contributed by atoms with E-state index in [2.05, 4.69) is 10.3 Å². The lowest BCUT2D eigenvalue weighted by Gasteiger charge is -2.31. The molecular weight excluding hydrogens is 280 g/mol. The van der Waals surface area contributed by atoms with Crippen molar-refractivity contribution >= 4 is 17.5 Å². The molecular formula is C16H20N4O2. The second kappa shape index (κ2) is 5.79. The maximum absolute atomic E-state index is 12.3. The molecule has 1 aliphatic heterocycles. The number of amides is 2. The van der Waals surface area contributed by atoms with Gasteiger partial charge in [0.25, 0.3) is 5.91 Å². The predicted molar refractivity (Wildman–Crippen MR) is 82.7 cm³/mol. The van der Waals surface area contributed by atoms with Crippen molar-refractivity contribution in [3.63, 3.8) is 0 Å². The van der Waals surface area contributed by atoms with Gasteiger partial charge in [0.1, 0.15) is 11.3 Å². The number of aromatic nitrogens is 2. The van der Waals surface area contributed by atoms with Crippen molar-refractivity contribution in [3.8, 4) is 0 Å². The number of pyridine rings is 1. The molecule has 0 aliphatic carbocycles. The molecule has 3 rings (SSSR count). The minimum Gasteiger partial charge on any atom is -0.348 e. The third-order valence-corrected chi connectivity index (χ3v) is 4.12. The Morgan fingerprint density at radius 2 is 2.05 bits per heavy atom. The quantitative estimate of drug-likeness (QED) is 0.911. The Balaban J connectivity index is 1.65. The summed E-state index contributed by atoms with van der Waals surface area (Å²) in [5.74, 6) is -0.0527. The molecule has 2 aromatic rings. The number of aryl methyl sites for hydroxylation is 1. The summed E-state index contributed by atoms with van der Waals surface area (Å²) in [4.78, 5) is 29.8. The Morgan fingerprint density at radius 1 is 1.32 bits per heavy atom. The average Bonchev–Trinajstić information content (AvgIpc) is 2.91. The minimum atomic E-state index is -0.150. The summed E-state index contributed by atoms with van der Waals surface area (Å²) in [5, 5.41) is 3.02.